The molecule has 1 aromatic heterocycles. The van der Waals surface area contributed by atoms with Crippen LogP contribution in [0.4, 0.5) is 11.5 Å². The van der Waals surface area contributed by atoms with Crippen molar-refractivity contribution in [2.45, 2.75) is 31.4 Å². The standard InChI is InChI=1S/C10H16N4OS/c1-6-7(11)8(14-13-6)12-9(15)10(2)4-3-5-16-10/h3-5,11H2,1-2H3,(H2,12,13,14,15). The normalized spacial score (nSPS) is 24.6. The Bertz CT molecular complexity index is 409. The Kier molecular flexibility index (Phi) is 2.84. The molecule has 4 N–H and O–H groups in total. The third-order valence-electron chi connectivity index (χ3n) is 2.93. The predicted molar refractivity (Wildman–Crippen MR) is 66.5 cm³/mol. The minimum Gasteiger partial charge on any atom is -0.394 e. The van der Waals surface area contributed by atoms with Crippen molar-refractivity contribution in [1.29, 1.82) is 0 Å². The van der Waals surface area contributed by atoms with Crippen LogP contribution >= 0.6 is 11.8 Å². The number of hydrogen-bond donors (Lipinski definition) is 3. The third kappa shape index (κ3) is 1.89. The van der Waals surface area contributed by atoms with Gasteiger partial charge >= 0.3 is 0 Å². The van der Waals surface area contributed by atoms with Crippen LogP contribution in [0.3, 0.4) is 0 Å². The summed E-state index contributed by atoms with van der Waals surface area (Å²) in [5.41, 5.74) is 7.07. The summed E-state index contributed by atoms with van der Waals surface area (Å²) in [6, 6.07) is 0. The van der Waals surface area contributed by atoms with Gasteiger partial charge in [-0.05, 0) is 32.4 Å². The van der Waals surface area contributed by atoms with Crippen LogP contribution in [-0.2, 0) is 4.79 Å². The van der Waals surface area contributed by atoms with E-state index >= 15 is 0 Å². The minimum atomic E-state index is -0.334. The van der Waals surface area contributed by atoms with E-state index in [1.54, 1.807) is 11.8 Å². The van der Waals surface area contributed by atoms with E-state index in [1.165, 1.54) is 0 Å². The van der Waals surface area contributed by atoms with Crippen LogP contribution in [-0.4, -0.2) is 26.6 Å². The van der Waals surface area contributed by atoms with Crippen LogP contribution in [0.15, 0.2) is 0 Å². The lowest BCUT2D eigenvalue weighted by molar-refractivity contribution is -0.118. The fourth-order valence-corrected chi connectivity index (χ4v) is 2.94. The van der Waals surface area contributed by atoms with Gasteiger partial charge in [-0.3, -0.25) is 9.89 Å². The predicted octanol–water partition coefficient (Wildman–Crippen LogP) is 1.52. The highest BCUT2D eigenvalue weighted by Gasteiger charge is 2.37. The summed E-state index contributed by atoms with van der Waals surface area (Å²) in [7, 11) is 0. The average molecular weight is 240 g/mol. The maximum atomic E-state index is 12.1. The molecule has 1 saturated heterocycles. The molecule has 5 nitrogen and oxygen atoms in total. The zero-order chi connectivity index (χ0) is 11.8. The van der Waals surface area contributed by atoms with Gasteiger partial charge in [0.05, 0.1) is 16.1 Å². The van der Waals surface area contributed by atoms with Crippen molar-refractivity contribution in [3.05, 3.63) is 5.69 Å². The number of aromatic amines is 1. The van der Waals surface area contributed by atoms with Crippen molar-refractivity contribution in [2.24, 2.45) is 0 Å². The lowest BCUT2D eigenvalue weighted by atomic mass is 10.1. The minimum absolute atomic E-state index is 0.00630. The van der Waals surface area contributed by atoms with Crippen LogP contribution in [0.25, 0.3) is 0 Å². The Hall–Kier alpha value is -1.17. The number of amides is 1. The van der Waals surface area contributed by atoms with E-state index in [2.05, 4.69) is 15.5 Å². The maximum Gasteiger partial charge on any atom is 0.241 e. The van der Waals surface area contributed by atoms with Gasteiger partial charge in [-0.25, -0.2) is 0 Å². The lowest BCUT2D eigenvalue weighted by Crippen LogP contribution is -2.35. The molecule has 1 aromatic rings. The second kappa shape index (κ2) is 4.01. The van der Waals surface area contributed by atoms with E-state index in [9.17, 15) is 4.79 Å². The molecule has 0 spiro atoms. The first kappa shape index (κ1) is 11.3. The van der Waals surface area contributed by atoms with E-state index in [0.29, 0.717) is 11.5 Å². The molecule has 1 atom stereocenters. The van der Waals surface area contributed by atoms with Crippen molar-refractivity contribution >= 4 is 29.2 Å². The second-order valence-corrected chi connectivity index (χ2v) is 5.85. The van der Waals surface area contributed by atoms with E-state index in [1.807, 2.05) is 13.8 Å². The van der Waals surface area contributed by atoms with Crippen LogP contribution < -0.4 is 11.1 Å². The fourth-order valence-electron chi connectivity index (χ4n) is 1.73. The lowest BCUT2D eigenvalue weighted by Gasteiger charge is -2.20. The SMILES string of the molecule is Cc1[nH]nc(NC(=O)C2(C)CCCS2)c1N. The first-order chi connectivity index (χ1) is 7.53. The van der Waals surface area contributed by atoms with Gasteiger partial charge in [-0.2, -0.15) is 5.10 Å². The molecule has 1 amide bonds. The van der Waals surface area contributed by atoms with Gasteiger partial charge in [0, 0.05) is 0 Å². The molecule has 1 unspecified atom stereocenters. The van der Waals surface area contributed by atoms with Crippen molar-refractivity contribution < 1.29 is 4.79 Å². The number of nitrogen functional groups attached to an aromatic ring is 1. The van der Waals surface area contributed by atoms with Gasteiger partial charge in [0.15, 0.2) is 5.82 Å². The largest absolute Gasteiger partial charge is 0.394 e. The van der Waals surface area contributed by atoms with Gasteiger partial charge in [0.2, 0.25) is 5.91 Å². The first-order valence-electron chi connectivity index (χ1n) is 5.29. The topological polar surface area (TPSA) is 83.8 Å². The second-order valence-electron chi connectivity index (χ2n) is 4.25. The summed E-state index contributed by atoms with van der Waals surface area (Å²) >= 11 is 1.69. The van der Waals surface area contributed by atoms with Crippen LogP contribution in [0.5, 0.6) is 0 Å². The number of nitrogens with zero attached hydrogens (tertiary/aromatic N) is 1. The monoisotopic (exact) mass is 240 g/mol. The molecule has 16 heavy (non-hydrogen) atoms. The number of hydrogen-bond acceptors (Lipinski definition) is 4. The van der Waals surface area contributed by atoms with E-state index < -0.39 is 0 Å². The number of rotatable bonds is 2. The molecule has 6 heteroatoms. The molecule has 88 valence electrons. The van der Waals surface area contributed by atoms with E-state index in [0.717, 1.165) is 24.3 Å². The number of nitrogens with one attached hydrogen (secondary N) is 2. The number of H-pyrrole nitrogens is 1. The van der Waals surface area contributed by atoms with Crippen molar-refractivity contribution in [2.75, 3.05) is 16.8 Å². The fraction of sp³-hybridized carbons (Fsp3) is 0.600. The third-order valence-corrected chi connectivity index (χ3v) is 4.45. The maximum absolute atomic E-state index is 12.1. The van der Waals surface area contributed by atoms with Crippen LogP contribution in [0, 0.1) is 6.92 Å². The summed E-state index contributed by atoms with van der Waals surface area (Å²) in [4.78, 5) is 12.1. The van der Waals surface area contributed by atoms with E-state index in [4.69, 9.17) is 5.73 Å². The Morgan fingerprint density at radius 3 is 2.94 bits per heavy atom. The molecule has 2 rings (SSSR count). The molecule has 0 radical (unpaired) electrons. The van der Waals surface area contributed by atoms with E-state index in [-0.39, 0.29) is 10.7 Å². The highest BCUT2D eigenvalue weighted by Crippen LogP contribution is 2.38. The Balaban J connectivity index is 2.10. The smallest absolute Gasteiger partial charge is 0.241 e. The summed E-state index contributed by atoms with van der Waals surface area (Å²) in [5.74, 6) is 1.48. The van der Waals surface area contributed by atoms with Gasteiger partial charge < -0.3 is 11.1 Å². The average Bonchev–Trinajstić information content (AvgIpc) is 2.81. The molecular formula is C10H16N4OS. The van der Waals surface area contributed by atoms with Crippen LogP contribution in [0.1, 0.15) is 25.5 Å². The number of thioether (sulfide) groups is 1. The zero-order valence-corrected chi connectivity index (χ0v) is 10.3. The molecule has 1 fully saturated rings. The summed E-state index contributed by atoms with van der Waals surface area (Å²) in [6.45, 7) is 3.79. The summed E-state index contributed by atoms with van der Waals surface area (Å²) < 4.78 is -0.334. The van der Waals surface area contributed by atoms with Gasteiger partial charge in [-0.1, -0.05) is 0 Å². The quantitative estimate of drug-likeness (QED) is 0.732. The first-order valence-corrected chi connectivity index (χ1v) is 6.27. The Morgan fingerprint density at radius 1 is 1.69 bits per heavy atom. The van der Waals surface area contributed by atoms with Gasteiger partial charge in [-0.15, -0.1) is 11.8 Å². The van der Waals surface area contributed by atoms with Crippen molar-refractivity contribution in [3.63, 3.8) is 0 Å². The van der Waals surface area contributed by atoms with Crippen molar-refractivity contribution in [3.8, 4) is 0 Å². The van der Waals surface area contributed by atoms with Crippen LogP contribution in [0.2, 0.25) is 0 Å². The zero-order valence-electron chi connectivity index (χ0n) is 9.46. The molecular weight excluding hydrogens is 224 g/mol. The highest BCUT2D eigenvalue weighted by molar-refractivity contribution is 8.01. The highest BCUT2D eigenvalue weighted by atomic mass is 32.2. The van der Waals surface area contributed by atoms with Gasteiger partial charge in [0.1, 0.15) is 0 Å². The molecule has 0 aliphatic carbocycles. The number of nitrogens with two attached hydrogens (primary N) is 1. The molecule has 0 bridgehead atoms. The Labute approximate surface area is 98.6 Å². The summed E-state index contributed by atoms with van der Waals surface area (Å²) in [6.07, 6.45) is 2.00. The van der Waals surface area contributed by atoms with Gasteiger partial charge in [0.25, 0.3) is 0 Å². The Morgan fingerprint density at radius 2 is 2.44 bits per heavy atom. The van der Waals surface area contributed by atoms with Crippen molar-refractivity contribution in [1.82, 2.24) is 10.2 Å². The molecule has 0 aromatic carbocycles. The molecule has 1 aliphatic heterocycles. The summed E-state index contributed by atoms with van der Waals surface area (Å²) in [5, 5.41) is 9.50. The molecule has 1 aliphatic rings. The number of aryl methyl sites for hydroxylation is 1. The molecule has 2 heterocycles. The number of carbonyl (C=O) groups is 1. The molecule has 0 saturated carbocycles. The number of anilines is 2. The number of carbonyl (C=O) groups excluding carboxylic acids is 1. The number of aromatic nitrogens is 2.